The van der Waals surface area contributed by atoms with Gasteiger partial charge < -0.3 is 30.2 Å². The summed E-state index contributed by atoms with van der Waals surface area (Å²) in [7, 11) is 1.60. The molecule has 1 atom stereocenters. The molecule has 0 spiro atoms. The van der Waals surface area contributed by atoms with Crippen molar-refractivity contribution in [2.45, 2.75) is 12.5 Å². The number of anilines is 1. The summed E-state index contributed by atoms with van der Waals surface area (Å²) in [4.78, 5) is 18.4. The Balaban J connectivity index is 1.56. The molecule has 2 amide bonds. The Labute approximate surface area is 158 Å². The highest BCUT2D eigenvalue weighted by Gasteiger charge is 2.23. The van der Waals surface area contributed by atoms with E-state index in [0.29, 0.717) is 49.3 Å². The van der Waals surface area contributed by atoms with Crippen LogP contribution in [0.3, 0.4) is 0 Å². The van der Waals surface area contributed by atoms with Crippen molar-refractivity contribution < 1.29 is 19.0 Å². The quantitative estimate of drug-likeness (QED) is 0.808. The minimum Gasteiger partial charge on any atom is -0.497 e. The zero-order valence-corrected chi connectivity index (χ0v) is 15.3. The minimum absolute atomic E-state index is 0.00809. The lowest BCUT2D eigenvalue weighted by molar-refractivity contribution is -0.0146. The van der Waals surface area contributed by atoms with Crippen molar-refractivity contribution in [3.63, 3.8) is 0 Å². The number of carbonyl (C=O) groups is 1. The third kappa shape index (κ3) is 5.32. The first-order valence-electron chi connectivity index (χ1n) is 8.83. The van der Waals surface area contributed by atoms with Gasteiger partial charge in [-0.3, -0.25) is 0 Å². The molecule has 27 heavy (non-hydrogen) atoms. The van der Waals surface area contributed by atoms with E-state index in [-0.39, 0.29) is 12.1 Å². The van der Waals surface area contributed by atoms with E-state index in [2.05, 4.69) is 10.3 Å². The monoisotopic (exact) mass is 372 g/mol. The number of morpholine rings is 1. The standard InChI is InChI=1S/C19H24N4O4/c1-25-15-3-2-4-16(11-15)27-18-6-5-14(12-21-18)22-19(24)23-9-10-26-17(13-23)7-8-20/h2-6,11-12,17H,7-10,13,20H2,1H3,(H,22,24). The second-order valence-electron chi connectivity index (χ2n) is 6.11. The SMILES string of the molecule is COc1cccc(Oc2ccc(NC(=O)N3CCOC(CCN)C3)cn2)c1. The Morgan fingerprint density at radius 2 is 2.22 bits per heavy atom. The summed E-state index contributed by atoms with van der Waals surface area (Å²) in [6, 6.07) is 10.5. The van der Waals surface area contributed by atoms with Gasteiger partial charge in [0.05, 0.1) is 31.7 Å². The summed E-state index contributed by atoms with van der Waals surface area (Å²) < 4.78 is 16.5. The first-order valence-corrected chi connectivity index (χ1v) is 8.83. The molecule has 0 aliphatic carbocycles. The molecule has 3 rings (SSSR count). The van der Waals surface area contributed by atoms with Gasteiger partial charge in [0.15, 0.2) is 0 Å². The second kappa shape index (κ2) is 9.20. The van der Waals surface area contributed by atoms with Gasteiger partial charge in [0, 0.05) is 25.2 Å². The molecular weight excluding hydrogens is 348 g/mol. The summed E-state index contributed by atoms with van der Waals surface area (Å²) in [5.41, 5.74) is 6.16. The fourth-order valence-corrected chi connectivity index (χ4v) is 2.77. The van der Waals surface area contributed by atoms with Crippen molar-refractivity contribution >= 4 is 11.7 Å². The van der Waals surface area contributed by atoms with E-state index in [1.807, 2.05) is 18.2 Å². The average molecular weight is 372 g/mol. The predicted octanol–water partition coefficient (Wildman–Crippen LogP) is 2.46. The number of carbonyl (C=O) groups excluding carboxylic acids is 1. The van der Waals surface area contributed by atoms with E-state index in [4.69, 9.17) is 19.9 Å². The molecular formula is C19H24N4O4. The third-order valence-corrected chi connectivity index (χ3v) is 4.17. The van der Waals surface area contributed by atoms with Crippen LogP contribution in [0.15, 0.2) is 42.6 Å². The van der Waals surface area contributed by atoms with Crippen molar-refractivity contribution in [2.24, 2.45) is 5.73 Å². The van der Waals surface area contributed by atoms with Gasteiger partial charge in [0.1, 0.15) is 11.5 Å². The highest BCUT2D eigenvalue weighted by molar-refractivity contribution is 5.89. The number of methoxy groups -OCH3 is 1. The van der Waals surface area contributed by atoms with Crippen LogP contribution in [-0.2, 0) is 4.74 Å². The molecule has 1 aromatic heterocycles. The van der Waals surface area contributed by atoms with Gasteiger partial charge in [-0.2, -0.15) is 0 Å². The number of ether oxygens (including phenoxy) is 3. The molecule has 3 N–H and O–H groups in total. The van der Waals surface area contributed by atoms with E-state index in [1.165, 1.54) is 0 Å². The second-order valence-corrected chi connectivity index (χ2v) is 6.11. The average Bonchev–Trinajstić information content (AvgIpc) is 2.70. The lowest BCUT2D eigenvalue weighted by Gasteiger charge is -2.32. The molecule has 0 bridgehead atoms. The normalized spacial score (nSPS) is 16.7. The first kappa shape index (κ1) is 18.9. The number of aromatic nitrogens is 1. The number of benzene rings is 1. The molecule has 0 saturated carbocycles. The van der Waals surface area contributed by atoms with Gasteiger partial charge in [0.25, 0.3) is 0 Å². The zero-order valence-electron chi connectivity index (χ0n) is 15.3. The number of hydrogen-bond donors (Lipinski definition) is 2. The van der Waals surface area contributed by atoms with Crippen LogP contribution in [0.1, 0.15) is 6.42 Å². The maximum atomic E-state index is 12.4. The summed E-state index contributed by atoms with van der Waals surface area (Å²) >= 11 is 0. The number of pyridine rings is 1. The summed E-state index contributed by atoms with van der Waals surface area (Å²) in [6.07, 6.45) is 2.29. The van der Waals surface area contributed by atoms with Crippen LogP contribution in [0, 0.1) is 0 Å². The van der Waals surface area contributed by atoms with Crippen LogP contribution in [0.25, 0.3) is 0 Å². The van der Waals surface area contributed by atoms with Crippen LogP contribution in [0.5, 0.6) is 17.4 Å². The summed E-state index contributed by atoms with van der Waals surface area (Å²) in [5.74, 6) is 1.75. The molecule has 1 aliphatic heterocycles. The van der Waals surface area contributed by atoms with Gasteiger partial charge >= 0.3 is 6.03 Å². The van der Waals surface area contributed by atoms with E-state index >= 15 is 0 Å². The number of nitrogens with two attached hydrogens (primary N) is 1. The largest absolute Gasteiger partial charge is 0.497 e. The van der Waals surface area contributed by atoms with Gasteiger partial charge in [-0.1, -0.05) is 6.07 Å². The van der Waals surface area contributed by atoms with Crippen LogP contribution in [-0.4, -0.2) is 55.4 Å². The van der Waals surface area contributed by atoms with Gasteiger partial charge in [-0.15, -0.1) is 0 Å². The first-order chi connectivity index (χ1) is 13.2. The smallest absolute Gasteiger partial charge is 0.322 e. The van der Waals surface area contributed by atoms with Crippen molar-refractivity contribution in [2.75, 3.05) is 38.7 Å². The highest BCUT2D eigenvalue weighted by Crippen LogP contribution is 2.24. The maximum Gasteiger partial charge on any atom is 0.322 e. The van der Waals surface area contributed by atoms with Gasteiger partial charge in [0.2, 0.25) is 5.88 Å². The number of urea groups is 1. The molecule has 1 fully saturated rings. The lowest BCUT2D eigenvalue weighted by Crippen LogP contribution is -2.47. The molecule has 1 saturated heterocycles. The van der Waals surface area contributed by atoms with E-state index < -0.39 is 0 Å². The Kier molecular flexibility index (Phi) is 6.45. The van der Waals surface area contributed by atoms with Crippen LogP contribution in [0.2, 0.25) is 0 Å². The van der Waals surface area contributed by atoms with Gasteiger partial charge in [-0.25, -0.2) is 9.78 Å². The van der Waals surface area contributed by atoms with Crippen molar-refractivity contribution in [1.29, 1.82) is 0 Å². The number of amides is 2. The number of hydrogen-bond acceptors (Lipinski definition) is 6. The molecule has 2 aromatic rings. The lowest BCUT2D eigenvalue weighted by atomic mass is 10.2. The Hall–Kier alpha value is -2.84. The van der Waals surface area contributed by atoms with E-state index in [0.717, 1.165) is 6.42 Å². The Morgan fingerprint density at radius 1 is 1.37 bits per heavy atom. The van der Waals surface area contributed by atoms with E-state index in [9.17, 15) is 4.79 Å². The van der Waals surface area contributed by atoms with Gasteiger partial charge in [-0.05, 0) is 31.2 Å². The highest BCUT2D eigenvalue weighted by atomic mass is 16.5. The molecule has 8 heteroatoms. The number of nitrogens with zero attached hydrogens (tertiary/aromatic N) is 2. The van der Waals surface area contributed by atoms with Crippen LogP contribution in [0.4, 0.5) is 10.5 Å². The topological polar surface area (TPSA) is 98.9 Å². The fourth-order valence-electron chi connectivity index (χ4n) is 2.77. The molecule has 1 aliphatic rings. The molecule has 8 nitrogen and oxygen atoms in total. The molecule has 144 valence electrons. The predicted molar refractivity (Wildman–Crippen MR) is 101 cm³/mol. The number of nitrogens with one attached hydrogen (secondary N) is 1. The van der Waals surface area contributed by atoms with Crippen molar-refractivity contribution in [3.8, 4) is 17.4 Å². The molecule has 1 unspecified atom stereocenters. The molecule has 1 aromatic carbocycles. The Morgan fingerprint density at radius 3 is 2.96 bits per heavy atom. The van der Waals surface area contributed by atoms with Crippen LogP contribution < -0.4 is 20.5 Å². The van der Waals surface area contributed by atoms with Crippen molar-refractivity contribution in [3.05, 3.63) is 42.6 Å². The Bertz CT molecular complexity index is 752. The van der Waals surface area contributed by atoms with E-state index in [1.54, 1.807) is 36.4 Å². The zero-order chi connectivity index (χ0) is 19.1. The third-order valence-electron chi connectivity index (χ3n) is 4.17. The van der Waals surface area contributed by atoms with Crippen molar-refractivity contribution in [1.82, 2.24) is 9.88 Å². The fraction of sp³-hybridized carbons (Fsp3) is 0.368. The van der Waals surface area contributed by atoms with Crippen LogP contribution >= 0.6 is 0 Å². The minimum atomic E-state index is -0.177. The molecule has 2 heterocycles. The summed E-state index contributed by atoms with van der Waals surface area (Å²) in [6.45, 7) is 2.15. The maximum absolute atomic E-state index is 12.4. The summed E-state index contributed by atoms with van der Waals surface area (Å²) in [5, 5.41) is 2.85. The molecule has 0 radical (unpaired) electrons. The number of rotatable bonds is 6.